The van der Waals surface area contributed by atoms with E-state index in [0.717, 1.165) is 5.56 Å². The topological polar surface area (TPSA) is 141 Å². The van der Waals surface area contributed by atoms with E-state index in [2.05, 4.69) is 0 Å². The van der Waals surface area contributed by atoms with Crippen LogP contribution in [-0.2, 0) is 14.3 Å². The van der Waals surface area contributed by atoms with Crippen molar-refractivity contribution in [2.45, 2.75) is 43.0 Å². The van der Waals surface area contributed by atoms with Crippen molar-refractivity contribution in [3.63, 3.8) is 0 Å². The van der Waals surface area contributed by atoms with Crippen LogP contribution >= 0.6 is 0 Å². The number of aliphatic hydroxyl groups is 3. The minimum absolute atomic E-state index is 0.0140. The first kappa shape index (κ1) is 18.5. The molecule has 4 N–H and O–H groups in total. The number of pyridine rings is 1. The molecule has 26 heavy (non-hydrogen) atoms. The molecule has 6 atom stereocenters. The standard InChI is InChI=1S/C16H20N2O8/c1-17-6-9(5-10(17)19)8-3-2-4-18(7-8)26-16-13(22)11(20)12(21)14(25-16)15(23)24/h2-4,7,9,11-14,16,20-22H,5-6H2,1H3/p+1/t9-,11+,12+,13-,14-,16+/m1/s1. The Morgan fingerprint density at radius 1 is 1.31 bits per heavy atom. The van der Waals surface area contributed by atoms with Gasteiger partial charge in [-0.3, -0.25) is 4.79 Å². The number of aliphatic carboxylic acids is 1. The van der Waals surface area contributed by atoms with Gasteiger partial charge in [0.1, 0.15) is 12.2 Å². The van der Waals surface area contributed by atoms with Crippen molar-refractivity contribution in [2.75, 3.05) is 13.6 Å². The largest absolute Gasteiger partial charge is 0.479 e. The fourth-order valence-corrected chi connectivity index (χ4v) is 3.12. The van der Waals surface area contributed by atoms with E-state index < -0.39 is 36.7 Å². The van der Waals surface area contributed by atoms with Gasteiger partial charge in [0.15, 0.2) is 12.2 Å². The van der Waals surface area contributed by atoms with Crippen LogP contribution in [0.5, 0.6) is 0 Å². The lowest BCUT2D eigenvalue weighted by Crippen LogP contribution is -2.65. The first-order chi connectivity index (χ1) is 12.3. The third kappa shape index (κ3) is 3.49. The molecule has 142 valence electrons. The molecule has 2 saturated heterocycles. The van der Waals surface area contributed by atoms with Gasteiger partial charge in [-0.2, -0.15) is 0 Å². The number of likely N-dealkylation sites (N-methyl/N-ethyl adjacent to an activating group) is 1. The summed E-state index contributed by atoms with van der Waals surface area (Å²) in [7, 11) is 1.72. The van der Waals surface area contributed by atoms with Gasteiger partial charge >= 0.3 is 5.97 Å². The molecule has 0 aliphatic carbocycles. The summed E-state index contributed by atoms with van der Waals surface area (Å²) in [5.41, 5.74) is 0.825. The van der Waals surface area contributed by atoms with Crippen molar-refractivity contribution in [3.8, 4) is 0 Å². The van der Waals surface area contributed by atoms with Crippen LogP contribution in [-0.4, -0.2) is 81.5 Å². The number of nitrogens with zero attached hydrogens (tertiary/aromatic N) is 2. The summed E-state index contributed by atoms with van der Waals surface area (Å²) in [5.74, 6) is -1.46. The van der Waals surface area contributed by atoms with Gasteiger partial charge in [-0.25, -0.2) is 9.63 Å². The minimum atomic E-state index is -1.78. The van der Waals surface area contributed by atoms with Gasteiger partial charge in [-0.1, -0.05) is 0 Å². The van der Waals surface area contributed by atoms with Crippen LogP contribution in [0.2, 0.25) is 0 Å². The second kappa shape index (κ2) is 7.16. The maximum Gasteiger partial charge on any atom is 0.335 e. The highest BCUT2D eigenvalue weighted by Crippen LogP contribution is 2.26. The maximum absolute atomic E-state index is 11.7. The summed E-state index contributed by atoms with van der Waals surface area (Å²) in [4.78, 5) is 29.9. The van der Waals surface area contributed by atoms with Gasteiger partial charge in [0.2, 0.25) is 18.3 Å². The van der Waals surface area contributed by atoms with Crippen molar-refractivity contribution in [2.24, 2.45) is 0 Å². The number of aliphatic hydroxyl groups excluding tert-OH is 3. The number of hydrogen-bond acceptors (Lipinski definition) is 7. The molecule has 2 aliphatic heterocycles. The third-order valence-electron chi connectivity index (χ3n) is 4.65. The van der Waals surface area contributed by atoms with E-state index in [0.29, 0.717) is 13.0 Å². The van der Waals surface area contributed by atoms with Crippen molar-refractivity contribution in [1.82, 2.24) is 4.90 Å². The van der Waals surface area contributed by atoms with Crippen molar-refractivity contribution >= 4 is 11.9 Å². The van der Waals surface area contributed by atoms with Crippen molar-refractivity contribution in [1.29, 1.82) is 0 Å². The minimum Gasteiger partial charge on any atom is -0.479 e. The molecule has 2 aliphatic rings. The van der Waals surface area contributed by atoms with E-state index >= 15 is 0 Å². The molecule has 0 radical (unpaired) electrons. The second-order valence-corrected chi connectivity index (χ2v) is 6.51. The predicted molar refractivity (Wildman–Crippen MR) is 82.5 cm³/mol. The van der Waals surface area contributed by atoms with Gasteiger partial charge in [0.05, 0.1) is 0 Å². The summed E-state index contributed by atoms with van der Waals surface area (Å²) in [6.07, 6.45) is -4.91. The van der Waals surface area contributed by atoms with Crippen LogP contribution in [0.4, 0.5) is 0 Å². The zero-order valence-electron chi connectivity index (χ0n) is 14.0. The smallest absolute Gasteiger partial charge is 0.335 e. The Morgan fingerprint density at radius 3 is 2.65 bits per heavy atom. The molecule has 3 heterocycles. The van der Waals surface area contributed by atoms with Crippen LogP contribution in [0.1, 0.15) is 17.9 Å². The molecule has 0 saturated carbocycles. The molecule has 0 unspecified atom stereocenters. The van der Waals surface area contributed by atoms with E-state index in [1.54, 1.807) is 24.2 Å². The van der Waals surface area contributed by atoms with Gasteiger partial charge in [0.25, 0.3) is 6.29 Å². The third-order valence-corrected chi connectivity index (χ3v) is 4.65. The number of carbonyl (C=O) groups is 2. The average Bonchev–Trinajstić information content (AvgIpc) is 2.94. The zero-order valence-corrected chi connectivity index (χ0v) is 14.0. The molecular formula is C16H21N2O8+. The van der Waals surface area contributed by atoms with E-state index in [1.807, 2.05) is 6.07 Å². The molecule has 0 aromatic carbocycles. The number of carboxylic acids is 1. The Kier molecular flexibility index (Phi) is 5.10. The normalized spacial score (nSPS) is 34.8. The van der Waals surface area contributed by atoms with Crippen LogP contribution in [0, 0.1) is 0 Å². The molecule has 1 aromatic rings. The highest BCUT2D eigenvalue weighted by molar-refractivity contribution is 5.79. The van der Waals surface area contributed by atoms with Gasteiger partial charge < -0.3 is 30.1 Å². The molecule has 0 bridgehead atoms. The molecule has 2 fully saturated rings. The van der Waals surface area contributed by atoms with Crippen LogP contribution in [0.15, 0.2) is 24.5 Å². The Balaban J connectivity index is 1.75. The molecule has 3 rings (SSSR count). The lowest BCUT2D eigenvalue weighted by atomic mass is 9.99. The number of hydrogen-bond donors (Lipinski definition) is 4. The molecule has 10 nitrogen and oxygen atoms in total. The molecular weight excluding hydrogens is 348 g/mol. The highest BCUT2D eigenvalue weighted by atomic mass is 16.8. The molecule has 0 spiro atoms. The summed E-state index contributed by atoms with van der Waals surface area (Å²) in [6, 6.07) is 3.50. The fraction of sp³-hybridized carbons (Fsp3) is 0.562. The molecule has 10 heteroatoms. The quantitative estimate of drug-likeness (QED) is 0.419. The number of amides is 1. The van der Waals surface area contributed by atoms with E-state index in [9.17, 15) is 24.9 Å². The number of aromatic nitrogens is 1. The Labute approximate surface area is 148 Å². The Morgan fingerprint density at radius 2 is 2.04 bits per heavy atom. The van der Waals surface area contributed by atoms with Gasteiger partial charge in [-0.15, -0.1) is 0 Å². The van der Waals surface area contributed by atoms with Crippen molar-refractivity contribution < 1.29 is 44.3 Å². The average molecular weight is 369 g/mol. The lowest BCUT2D eigenvalue weighted by Gasteiger charge is -2.36. The van der Waals surface area contributed by atoms with Crippen LogP contribution in [0.3, 0.4) is 0 Å². The second-order valence-electron chi connectivity index (χ2n) is 6.51. The summed E-state index contributed by atoms with van der Waals surface area (Å²) >= 11 is 0. The number of carbonyl (C=O) groups excluding carboxylic acids is 1. The van der Waals surface area contributed by atoms with E-state index in [4.69, 9.17) is 14.7 Å². The summed E-state index contributed by atoms with van der Waals surface area (Å²) < 4.78 is 6.30. The molecule has 1 amide bonds. The highest BCUT2D eigenvalue weighted by Gasteiger charge is 2.49. The first-order valence-electron chi connectivity index (χ1n) is 8.12. The summed E-state index contributed by atoms with van der Waals surface area (Å²) in [5, 5.41) is 38.6. The predicted octanol–water partition coefficient (Wildman–Crippen LogP) is -2.76. The lowest BCUT2D eigenvalue weighted by molar-refractivity contribution is -0.909. The number of carboxylic acid groups (broad SMARTS) is 1. The van der Waals surface area contributed by atoms with Crippen LogP contribution in [0.25, 0.3) is 0 Å². The Hall–Kier alpha value is -2.27. The molecule has 1 aromatic heterocycles. The zero-order chi connectivity index (χ0) is 19.0. The number of likely N-dealkylation sites (tertiary alicyclic amines) is 1. The fourth-order valence-electron chi connectivity index (χ4n) is 3.12. The Bertz CT molecular complexity index is 699. The SMILES string of the molecule is CN1C[C@H](c2ccc[n+](O[C@@H]3O[C@@H](C(=O)O)[C@@H](O)[C@H](O)[C@H]3O)c2)CC1=O. The van der Waals surface area contributed by atoms with E-state index in [-0.39, 0.29) is 11.8 Å². The van der Waals surface area contributed by atoms with Crippen LogP contribution < -0.4 is 9.57 Å². The number of ether oxygens (including phenoxy) is 1. The van der Waals surface area contributed by atoms with Gasteiger partial charge in [0, 0.05) is 42.3 Å². The monoisotopic (exact) mass is 369 g/mol. The first-order valence-corrected chi connectivity index (χ1v) is 8.12. The summed E-state index contributed by atoms with van der Waals surface area (Å²) in [6.45, 7) is 0.567. The number of rotatable bonds is 4. The van der Waals surface area contributed by atoms with Crippen molar-refractivity contribution in [3.05, 3.63) is 30.1 Å². The maximum atomic E-state index is 11.7. The van der Waals surface area contributed by atoms with E-state index in [1.165, 1.54) is 10.9 Å². The van der Waals surface area contributed by atoms with Gasteiger partial charge in [-0.05, 0) is 6.07 Å².